The Morgan fingerprint density at radius 2 is 2.19 bits per heavy atom. The summed E-state index contributed by atoms with van der Waals surface area (Å²) in [5.74, 6) is -0.133. The van der Waals surface area contributed by atoms with Gasteiger partial charge in [-0.3, -0.25) is 10.1 Å². The van der Waals surface area contributed by atoms with Crippen LogP contribution in [0.15, 0.2) is 33.6 Å². The van der Waals surface area contributed by atoms with Crippen molar-refractivity contribution in [1.82, 2.24) is 5.32 Å². The summed E-state index contributed by atoms with van der Waals surface area (Å²) in [7, 11) is 1.47. The average molecular weight is 372 g/mol. The monoisotopic (exact) mass is 371 g/mol. The third kappa shape index (κ3) is 4.02. The van der Waals surface area contributed by atoms with Crippen molar-refractivity contribution in [2.45, 2.75) is 54.8 Å². The highest BCUT2D eigenvalue weighted by molar-refractivity contribution is 9.10. The van der Waals surface area contributed by atoms with Gasteiger partial charge in [-0.1, -0.05) is 12.1 Å². The summed E-state index contributed by atoms with van der Waals surface area (Å²) in [4.78, 5) is 13.5. The molecular formula is C16H22BrNO2S. The van der Waals surface area contributed by atoms with Crippen LogP contribution in [0.4, 0.5) is 0 Å². The van der Waals surface area contributed by atoms with E-state index in [0.29, 0.717) is 5.25 Å². The molecule has 0 saturated heterocycles. The fourth-order valence-electron chi connectivity index (χ4n) is 2.94. The number of halogens is 1. The number of esters is 1. The second kappa shape index (κ2) is 7.16. The Bertz CT molecular complexity index is 509. The molecule has 0 radical (unpaired) electrons. The second-order valence-electron chi connectivity index (χ2n) is 5.79. The van der Waals surface area contributed by atoms with Gasteiger partial charge in [0.25, 0.3) is 0 Å². The lowest BCUT2D eigenvalue weighted by Crippen LogP contribution is -2.53. The lowest BCUT2D eigenvalue weighted by Gasteiger charge is -2.30. The molecule has 2 rings (SSSR count). The molecule has 2 unspecified atom stereocenters. The first-order chi connectivity index (χ1) is 9.97. The van der Waals surface area contributed by atoms with Crippen molar-refractivity contribution in [2.75, 3.05) is 7.11 Å². The zero-order chi connectivity index (χ0) is 15.5. The van der Waals surface area contributed by atoms with Gasteiger partial charge in [-0.25, -0.2) is 0 Å². The number of ether oxygens (including phenoxy) is 1. The van der Waals surface area contributed by atoms with Crippen LogP contribution in [-0.2, 0) is 9.53 Å². The number of rotatable bonds is 5. The minimum absolute atomic E-state index is 0.133. The van der Waals surface area contributed by atoms with Crippen molar-refractivity contribution < 1.29 is 9.53 Å². The highest BCUT2D eigenvalue weighted by atomic mass is 79.9. The normalized spacial score (nSPS) is 25.3. The molecule has 116 valence electrons. The predicted molar refractivity (Wildman–Crippen MR) is 90.7 cm³/mol. The summed E-state index contributed by atoms with van der Waals surface area (Å²) in [6.45, 7) is 4.14. The van der Waals surface area contributed by atoms with E-state index in [-0.39, 0.29) is 12.0 Å². The molecule has 3 nitrogen and oxygen atoms in total. The lowest BCUT2D eigenvalue weighted by molar-refractivity contribution is -0.148. The number of carbonyl (C=O) groups is 1. The van der Waals surface area contributed by atoms with Crippen molar-refractivity contribution in [2.24, 2.45) is 0 Å². The third-order valence-electron chi connectivity index (χ3n) is 3.74. The first-order valence-corrected chi connectivity index (χ1v) is 8.91. The molecule has 1 saturated carbocycles. The zero-order valence-corrected chi connectivity index (χ0v) is 15.1. The fourth-order valence-corrected chi connectivity index (χ4v) is 4.81. The quantitative estimate of drug-likeness (QED) is 0.793. The number of carbonyl (C=O) groups excluding carboxylic acids is 1. The molecule has 0 aromatic heterocycles. The maximum Gasteiger partial charge on any atom is 0.326 e. The van der Waals surface area contributed by atoms with Crippen LogP contribution in [0, 0.1) is 0 Å². The van der Waals surface area contributed by atoms with E-state index in [1.807, 2.05) is 23.9 Å². The number of nitrogens with one attached hydrogen (secondary N) is 1. The first kappa shape index (κ1) is 16.8. The maximum atomic E-state index is 12.2. The van der Waals surface area contributed by atoms with Crippen LogP contribution in [0.3, 0.4) is 0 Å². The molecule has 2 atom stereocenters. The van der Waals surface area contributed by atoms with Crippen LogP contribution in [0.25, 0.3) is 0 Å². The fraction of sp³-hybridized carbons (Fsp3) is 0.562. The number of hydrogen-bond acceptors (Lipinski definition) is 4. The van der Waals surface area contributed by atoms with Gasteiger partial charge in [-0.2, -0.15) is 0 Å². The van der Waals surface area contributed by atoms with Crippen molar-refractivity contribution >= 4 is 33.7 Å². The Hall–Kier alpha value is -0.520. The molecule has 0 heterocycles. The van der Waals surface area contributed by atoms with E-state index in [1.54, 1.807) is 0 Å². The van der Waals surface area contributed by atoms with Gasteiger partial charge < -0.3 is 4.74 Å². The van der Waals surface area contributed by atoms with Crippen molar-refractivity contribution in [1.29, 1.82) is 0 Å². The Morgan fingerprint density at radius 1 is 1.48 bits per heavy atom. The van der Waals surface area contributed by atoms with E-state index in [2.05, 4.69) is 47.2 Å². The standard InChI is InChI=1S/C16H22BrNO2S/c1-11(2)18-16(15(19)20-3)9-8-12(10-16)21-14-7-5-4-6-13(14)17/h4-7,11-12,18H,8-10H2,1-3H3. The van der Waals surface area contributed by atoms with E-state index < -0.39 is 5.54 Å². The molecule has 1 aliphatic carbocycles. The van der Waals surface area contributed by atoms with Gasteiger partial charge in [0.2, 0.25) is 0 Å². The highest BCUT2D eigenvalue weighted by Gasteiger charge is 2.46. The van der Waals surface area contributed by atoms with Gasteiger partial charge >= 0.3 is 5.97 Å². The van der Waals surface area contributed by atoms with E-state index in [0.717, 1.165) is 23.7 Å². The van der Waals surface area contributed by atoms with Gasteiger partial charge in [-0.05, 0) is 61.2 Å². The van der Waals surface area contributed by atoms with E-state index >= 15 is 0 Å². The molecule has 0 amide bonds. The zero-order valence-electron chi connectivity index (χ0n) is 12.7. The van der Waals surface area contributed by atoms with Gasteiger partial charge in [-0.15, -0.1) is 11.8 Å². The average Bonchev–Trinajstić information content (AvgIpc) is 2.84. The molecule has 1 fully saturated rings. The first-order valence-electron chi connectivity index (χ1n) is 7.24. The van der Waals surface area contributed by atoms with Crippen LogP contribution in [0.2, 0.25) is 0 Å². The van der Waals surface area contributed by atoms with Crippen LogP contribution < -0.4 is 5.32 Å². The highest BCUT2D eigenvalue weighted by Crippen LogP contribution is 2.42. The van der Waals surface area contributed by atoms with Crippen LogP contribution in [0.1, 0.15) is 33.1 Å². The molecule has 1 aromatic rings. The van der Waals surface area contributed by atoms with E-state index in [9.17, 15) is 4.79 Å². The maximum absolute atomic E-state index is 12.2. The van der Waals surface area contributed by atoms with Crippen molar-refractivity contribution in [3.8, 4) is 0 Å². The van der Waals surface area contributed by atoms with Crippen LogP contribution >= 0.6 is 27.7 Å². The van der Waals surface area contributed by atoms with E-state index in [1.165, 1.54) is 12.0 Å². The lowest BCUT2D eigenvalue weighted by atomic mass is 9.96. The third-order valence-corrected chi connectivity index (χ3v) is 6.04. The van der Waals surface area contributed by atoms with Gasteiger partial charge in [0.05, 0.1) is 7.11 Å². The summed E-state index contributed by atoms with van der Waals surface area (Å²) in [6.07, 6.45) is 2.66. The molecule has 0 aliphatic heterocycles. The molecule has 5 heteroatoms. The Balaban J connectivity index is 2.09. The Labute approximate surface area is 139 Å². The molecule has 0 spiro atoms. The second-order valence-corrected chi connectivity index (χ2v) is 7.98. The SMILES string of the molecule is COC(=O)C1(NC(C)C)CCC(Sc2ccccc2Br)C1. The molecule has 0 bridgehead atoms. The van der Waals surface area contributed by atoms with Crippen LogP contribution in [-0.4, -0.2) is 29.9 Å². The van der Waals surface area contributed by atoms with Crippen molar-refractivity contribution in [3.05, 3.63) is 28.7 Å². The van der Waals surface area contributed by atoms with Gasteiger partial charge in [0.1, 0.15) is 5.54 Å². The molecular weight excluding hydrogens is 350 g/mol. The number of hydrogen-bond donors (Lipinski definition) is 1. The minimum Gasteiger partial charge on any atom is -0.468 e. The van der Waals surface area contributed by atoms with E-state index in [4.69, 9.17) is 4.74 Å². The summed E-state index contributed by atoms with van der Waals surface area (Å²) in [6, 6.07) is 8.49. The summed E-state index contributed by atoms with van der Waals surface area (Å²) in [5.41, 5.74) is -0.526. The summed E-state index contributed by atoms with van der Waals surface area (Å²) >= 11 is 5.43. The smallest absolute Gasteiger partial charge is 0.326 e. The molecule has 1 aliphatic rings. The summed E-state index contributed by atoms with van der Waals surface area (Å²) < 4.78 is 6.15. The molecule has 1 aromatic carbocycles. The predicted octanol–water partition coefficient (Wildman–Crippen LogP) is 4.00. The largest absolute Gasteiger partial charge is 0.468 e. The van der Waals surface area contributed by atoms with Gasteiger partial charge in [0.15, 0.2) is 0 Å². The summed E-state index contributed by atoms with van der Waals surface area (Å²) in [5, 5.41) is 3.86. The number of methoxy groups -OCH3 is 1. The Morgan fingerprint density at radius 3 is 2.81 bits per heavy atom. The number of thioether (sulfide) groups is 1. The Kier molecular flexibility index (Phi) is 5.74. The number of benzene rings is 1. The minimum atomic E-state index is -0.526. The molecule has 21 heavy (non-hydrogen) atoms. The van der Waals surface area contributed by atoms with Gasteiger partial charge in [0, 0.05) is 20.7 Å². The van der Waals surface area contributed by atoms with Crippen LogP contribution in [0.5, 0.6) is 0 Å². The topological polar surface area (TPSA) is 38.3 Å². The van der Waals surface area contributed by atoms with Crippen molar-refractivity contribution in [3.63, 3.8) is 0 Å². The molecule has 1 N–H and O–H groups in total.